The molecule has 478 valence electrons. The number of carbonyl (C=O) groups is 1. The summed E-state index contributed by atoms with van der Waals surface area (Å²) in [4.78, 5) is 13.3. The summed E-state index contributed by atoms with van der Waals surface area (Å²) in [7, 11) is 0. The smallest absolute Gasteiger partial charge is 0.220 e. The molecule has 3 rings (SSSR count). The van der Waals surface area contributed by atoms with Crippen LogP contribution in [0.3, 0.4) is 0 Å². The van der Waals surface area contributed by atoms with Crippen LogP contribution in [-0.2, 0) is 33.2 Å². The van der Waals surface area contributed by atoms with E-state index in [2.05, 4.69) is 92.1 Å². The summed E-state index contributed by atoms with van der Waals surface area (Å²) in [5.41, 5.74) is 0. The number of aliphatic hydroxyl groups excluding tert-OH is 11. The second-order valence-electron chi connectivity index (χ2n) is 22.1. The van der Waals surface area contributed by atoms with Gasteiger partial charge in [-0.2, -0.15) is 0 Å². The molecular weight excluding hydrogens is 1070 g/mol. The number of carbonyl (C=O) groups excluding carboxylic acids is 1. The minimum absolute atomic E-state index is 0.226. The number of allylic oxidation sites excluding steroid dienone is 13. The van der Waals surface area contributed by atoms with Crippen LogP contribution in [0.1, 0.15) is 181 Å². The molecule has 0 saturated carbocycles. The van der Waals surface area contributed by atoms with Crippen LogP contribution in [0.25, 0.3) is 0 Å². The second-order valence-corrected chi connectivity index (χ2v) is 22.1. The zero-order chi connectivity index (χ0) is 60.5. The van der Waals surface area contributed by atoms with Gasteiger partial charge in [0.1, 0.15) is 73.2 Å². The predicted octanol–water partition coefficient (Wildman–Crippen LogP) is 6.37. The van der Waals surface area contributed by atoms with Crippen LogP contribution in [0.4, 0.5) is 0 Å². The number of ether oxygens (including phenoxy) is 6. The first-order valence-corrected chi connectivity index (χ1v) is 31.3. The standard InChI is InChI=1S/C64H109NO18/c1-3-5-7-9-11-13-15-16-17-18-19-20-21-22-23-24-25-26-27-28-29-30-32-34-36-38-40-42-52(70)65-47(48(69)41-39-37-35-33-31-14-12-10-8-6-4-2)46-78-62-58(76)55(73)60(50(44-67)80-62)83-64-59(77)56(74)61(51(45-68)81-64)82-63-57(75)54(72)53(71)49(43-66)79-63/h5,7,11,13,16-17,19-20,22-23,31,33,39,41,47-51,53-64,66-69,71-77H,3-4,6,8-10,12,14-15,18,21,24-30,32,34-38,40,42-46H2,1-2H3,(H,65,70)/b7-5-,13-11-,17-16-,20-19-,23-22-,33-31+,41-39+. The van der Waals surface area contributed by atoms with E-state index in [9.17, 15) is 61.0 Å². The zero-order valence-corrected chi connectivity index (χ0v) is 49.9. The van der Waals surface area contributed by atoms with Crippen LogP contribution in [0.5, 0.6) is 0 Å². The topological polar surface area (TPSA) is 307 Å². The van der Waals surface area contributed by atoms with E-state index in [1.54, 1.807) is 6.08 Å². The SMILES string of the molecule is CC/C=C\C/C=C\C/C=C\C/C=C\C/C=C\CCCCCCCCCCCCCC(=O)NC(COC1OC(CO)C(OC2OC(CO)C(OC3OC(CO)C(O)C(O)C3O)C(O)C2O)C(O)C1O)C(O)/C=C/CC/C=C/CCCCCCC. The summed E-state index contributed by atoms with van der Waals surface area (Å²) < 4.78 is 34.2. The third-order valence-corrected chi connectivity index (χ3v) is 15.2. The minimum Gasteiger partial charge on any atom is -0.394 e. The van der Waals surface area contributed by atoms with E-state index in [1.165, 1.54) is 64.2 Å². The van der Waals surface area contributed by atoms with E-state index in [-0.39, 0.29) is 18.9 Å². The van der Waals surface area contributed by atoms with Gasteiger partial charge in [-0.3, -0.25) is 4.79 Å². The number of rotatable bonds is 45. The van der Waals surface area contributed by atoms with E-state index in [4.69, 9.17) is 28.4 Å². The van der Waals surface area contributed by atoms with Crippen molar-refractivity contribution in [2.24, 2.45) is 0 Å². The fourth-order valence-corrected chi connectivity index (χ4v) is 10.1. The van der Waals surface area contributed by atoms with Crippen LogP contribution in [0.2, 0.25) is 0 Å². The number of amides is 1. The van der Waals surface area contributed by atoms with Crippen molar-refractivity contribution in [2.75, 3.05) is 26.4 Å². The molecule has 0 aromatic carbocycles. The highest BCUT2D eigenvalue weighted by Crippen LogP contribution is 2.33. The Morgan fingerprint density at radius 1 is 0.446 bits per heavy atom. The Bertz CT molecular complexity index is 1840. The Labute approximate surface area is 495 Å². The molecule has 3 aliphatic heterocycles. The highest BCUT2D eigenvalue weighted by atomic mass is 16.8. The van der Waals surface area contributed by atoms with Gasteiger partial charge >= 0.3 is 0 Å². The fraction of sp³-hybridized carbons (Fsp3) is 0.766. The van der Waals surface area contributed by atoms with Crippen molar-refractivity contribution in [3.63, 3.8) is 0 Å². The zero-order valence-electron chi connectivity index (χ0n) is 49.9. The van der Waals surface area contributed by atoms with Gasteiger partial charge in [0.15, 0.2) is 18.9 Å². The Morgan fingerprint density at radius 3 is 1.35 bits per heavy atom. The summed E-state index contributed by atoms with van der Waals surface area (Å²) in [5, 5.41) is 120. The molecule has 0 aromatic heterocycles. The van der Waals surface area contributed by atoms with Gasteiger partial charge in [0.25, 0.3) is 0 Å². The van der Waals surface area contributed by atoms with E-state index in [0.717, 1.165) is 83.5 Å². The quantitative estimate of drug-likeness (QED) is 0.0233. The van der Waals surface area contributed by atoms with E-state index >= 15 is 0 Å². The molecule has 0 radical (unpaired) electrons. The van der Waals surface area contributed by atoms with Gasteiger partial charge in [0.05, 0.1) is 38.6 Å². The third-order valence-electron chi connectivity index (χ3n) is 15.2. The van der Waals surface area contributed by atoms with E-state index in [0.29, 0.717) is 12.8 Å². The molecule has 17 atom stereocenters. The highest BCUT2D eigenvalue weighted by Gasteiger charge is 2.53. The van der Waals surface area contributed by atoms with Crippen molar-refractivity contribution >= 4 is 5.91 Å². The van der Waals surface area contributed by atoms with Crippen molar-refractivity contribution in [3.05, 3.63) is 85.1 Å². The lowest BCUT2D eigenvalue weighted by molar-refractivity contribution is -0.379. The molecule has 0 aliphatic carbocycles. The summed E-state index contributed by atoms with van der Waals surface area (Å²) in [6, 6.07) is -0.995. The van der Waals surface area contributed by atoms with Crippen molar-refractivity contribution in [3.8, 4) is 0 Å². The minimum atomic E-state index is -1.98. The largest absolute Gasteiger partial charge is 0.394 e. The monoisotopic (exact) mass is 1180 g/mol. The molecule has 3 heterocycles. The second kappa shape index (κ2) is 46.2. The van der Waals surface area contributed by atoms with Gasteiger partial charge in [-0.05, 0) is 77.0 Å². The maximum atomic E-state index is 13.3. The first-order chi connectivity index (χ1) is 40.3. The van der Waals surface area contributed by atoms with Gasteiger partial charge in [0.2, 0.25) is 5.91 Å². The number of aliphatic hydroxyl groups is 11. The lowest BCUT2D eigenvalue weighted by Crippen LogP contribution is -2.66. The Hall–Kier alpha value is -3.03. The lowest BCUT2D eigenvalue weighted by Gasteiger charge is -2.48. The average Bonchev–Trinajstić information content (AvgIpc) is 3.62. The number of unbranched alkanes of at least 4 members (excludes halogenated alkanes) is 17. The van der Waals surface area contributed by atoms with Crippen LogP contribution >= 0.6 is 0 Å². The number of nitrogens with one attached hydrogen (secondary N) is 1. The van der Waals surface area contributed by atoms with E-state index in [1.807, 2.05) is 6.08 Å². The molecule has 3 saturated heterocycles. The summed E-state index contributed by atoms with van der Waals surface area (Å²) in [5.74, 6) is -0.295. The molecule has 17 unspecified atom stereocenters. The van der Waals surface area contributed by atoms with E-state index < -0.39 is 124 Å². The maximum Gasteiger partial charge on any atom is 0.220 e. The van der Waals surface area contributed by atoms with Gasteiger partial charge < -0.3 is 89.9 Å². The third kappa shape index (κ3) is 29.5. The van der Waals surface area contributed by atoms with Crippen molar-refractivity contribution in [2.45, 2.75) is 285 Å². The van der Waals surface area contributed by atoms with Crippen molar-refractivity contribution in [1.82, 2.24) is 5.32 Å². The molecule has 0 bridgehead atoms. The highest BCUT2D eigenvalue weighted by molar-refractivity contribution is 5.76. The molecule has 0 aromatic rings. The molecule has 19 nitrogen and oxygen atoms in total. The van der Waals surface area contributed by atoms with Gasteiger partial charge in [0, 0.05) is 6.42 Å². The number of hydrogen-bond acceptors (Lipinski definition) is 18. The summed E-state index contributed by atoms with van der Waals surface area (Å²) >= 11 is 0. The molecule has 1 amide bonds. The normalized spacial score (nSPS) is 30.0. The Kier molecular flexibility index (Phi) is 41.3. The molecular formula is C64H109NO18. The van der Waals surface area contributed by atoms with Crippen LogP contribution in [0.15, 0.2) is 85.1 Å². The van der Waals surface area contributed by atoms with Gasteiger partial charge in [-0.1, -0.05) is 182 Å². The fourth-order valence-electron chi connectivity index (χ4n) is 10.1. The molecule has 3 fully saturated rings. The van der Waals surface area contributed by atoms with Crippen molar-refractivity contribution < 1.29 is 89.4 Å². The Balaban J connectivity index is 1.43. The van der Waals surface area contributed by atoms with Crippen LogP contribution in [0, 0.1) is 0 Å². The van der Waals surface area contributed by atoms with Crippen molar-refractivity contribution in [1.29, 1.82) is 0 Å². The average molecular weight is 1180 g/mol. The molecule has 12 N–H and O–H groups in total. The maximum absolute atomic E-state index is 13.3. The first-order valence-electron chi connectivity index (χ1n) is 31.3. The molecule has 19 heteroatoms. The predicted molar refractivity (Wildman–Crippen MR) is 318 cm³/mol. The van der Waals surface area contributed by atoms with Gasteiger partial charge in [-0.25, -0.2) is 0 Å². The van der Waals surface area contributed by atoms with Crippen LogP contribution < -0.4 is 5.32 Å². The first kappa shape index (κ1) is 74.2. The summed E-state index contributed by atoms with van der Waals surface area (Å²) in [6.07, 6.45) is 30.1. The summed E-state index contributed by atoms with van der Waals surface area (Å²) in [6.45, 7) is 1.53. The lowest BCUT2D eigenvalue weighted by atomic mass is 9.96. The van der Waals surface area contributed by atoms with Gasteiger partial charge in [-0.15, -0.1) is 0 Å². The number of hydrogen-bond donors (Lipinski definition) is 12. The Morgan fingerprint density at radius 2 is 0.843 bits per heavy atom. The molecule has 83 heavy (non-hydrogen) atoms. The molecule has 0 spiro atoms. The molecule has 3 aliphatic rings. The van der Waals surface area contributed by atoms with Crippen LogP contribution in [-0.4, -0.2) is 193 Å².